The molecule has 1 aromatic heterocycles. The maximum Gasteiger partial charge on any atom is 0.412 e. The van der Waals surface area contributed by atoms with Gasteiger partial charge in [0.25, 0.3) is 0 Å². The Labute approximate surface area is 148 Å². The number of aryl methyl sites for hydroxylation is 1. The highest BCUT2D eigenvalue weighted by Crippen LogP contribution is 2.33. The summed E-state index contributed by atoms with van der Waals surface area (Å²) in [5.74, 6) is 0.774. The number of rotatable bonds is 3. The van der Waals surface area contributed by atoms with Crippen LogP contribution in [0.2, 0.25) is 0 Å². The minimum atomic E-state index is -0.510. The number of aromatic nitrogens is 2. The smallest absolute Gasteiger partial charge is 0.412 e. The maximum absolute atomic E-state index is 11.9. The Morgan fingerprint density at radius 1 is 1.28 bits per heavy atom. The quantitative estimate of drug-likeness (QED) is 0.870. The van der Waals surface area contributed by atoms with E-state index in [1.165, 1.54) is 11.1 Å². The summed E-state index contributed by atoms with van der Waals surface area (Å²) in [6.45, 7) is 5.55. The molecule has 0 radical (unpaired) electrons. The van der Waals surface area contributed by atoms with Gasteiger partial charge in [-0.25, -0.2) is 9.78 Å². The van der Waals surface area contributed by atoms with Gasteiger partial charge in [0.05, 0.1) is 12.2 Å². The van der Waals surface area contributed by atoms with Gasteiger partial charge in [-0.05, 0) is 63.3 Å². The summed E-state index contributed by atoms with van der Waals surface area (Å²) in [4.78, 5) is 20.3. The van der Waals surface area contributed by atoms with Crippen molar-refractivity contribution in [2.75, 3.05) is 10.6 Å². The molecule has 0 spiro atoms. The standard InChI is InChI=1S/C19H24N4O2/c1-19(2,3)25-18(24)22-14-7-8-15-13(11-14)5-4-6-16(15)23-17-12-20-9-10-21-17/h7-12,16H,4-6H2,1-3H3,(H,21,23)(H,22,24). The lowest BCUT2D eigenvalue weighted by molar-refractivity contribution is 0.0636. The molecule has 1 amide bonds. The molecule has 0 saturated carbocycles. The van der Waals surface area contributed by atoms with Crippen molar-refractivity contribution in [3.05, 3.63) is 47.9 Å². The molecule has 0 fully saturated rings. The van der Waals surface area contributed by atoms with E-state index >= 15 is 0 Å². The van der Waals surface area contributed by atoms with Crippen LogP contribution in [-0.2, 0) is 11.2 Å². The number of anilines is 2. The molecular formula is C19H24N4O2. The highest BCUT2D eigenvalue weighted by atomic mass is 16.6. The third-order valence-electron chi connectivity index (χ3n) is 3.99. The number of amides is 1. The number of fused-ring (bicyclic) bond motifs is 1. The van der Waals surface area contributed by atoms with E-state index in [-0.39, 0.29) is 6.04 Å². The molecule has 2 aromatic rings. The number of hydrogen-bond acceptors (Lipinski definition) is 5. The number of nitrogens with one attached hydrogen (secondary N) is 2. The number of hydrogen-bond donors (Lipinski definition) is 2. The van der Waals surface area contributed by atoms with E-state index < -0.39 is 11.7 Å². The Kier molecular flexibility index (Phi) is 4.88. The molecule has 25 heavy (non-hydrogen) atoms. The molecule has 0 bridgehead atoms. The Bertz CT molecular complexity index is 741. The first-order chi connectivity index (χ1) is 11.9. The van der Waals surface area contributed by atoms with E-state index in [0.29, 0.717) is 0 Å². The predicted octanol–water partition coefficient (Wildman–Crippen LogP) is 4.31. The van der Waals surface area contributed by atoms with Gasteiger partial charge >= 0.3 is 6.09 Å². The molecule has 1 aliphatic rings. The van der Waals surface area contributed by atoms with Gasteiger partial charge in [-0.3, -0.25) is 10.3 Å². The topological polar surface area (TPSA) is 76.1 Å². The molecule has 6 nitrogen and oxygen atoms in total. The normalized spacial score (nSPS) is 16.7. The zero-order chi connectivity index (χ0) is 17.9. The van der Waals surface area contributed by atoms with Gasteiger partial charge in [0.1, 0.15) is 11.4 Å². The Balaban J connectivity index is 1.72. The molecule has 0 aliphatic heterocycles. The van der Waals surface area contributed by atoms with Gasteiger partial charge in [-0.15, -0.1) is 0 Å². The van der Waals surface area contributed by atoms with Crippen LogP contribution in [0, 0.1) is 0 Å². The largest absolute Gasteiger partial charge is 0.444 e. The van der Waals surface area contributed by atoms with E-state index in [9.17, 15) is 4.79 Å². The van der Waals surface area contributed by atoms with Crippen molar-refractivity contribution in [1.29, 1.82) is 0 Å². The van der Waals surface area contributed by atoms with E-state index in [0.717, 1.165) is 30.8 Å². The highest BCUT2D eigenvalue weighted by molar-refractivity contribution is 5.85. The number of carbonyl (C=O) groups excluding carboxylic acids is 1. The first kappa shape index (κ1) is 17.2. The van der Waals surface area contributed by atoms with Crippen LogP contribution >= 0.6 is 0 Å². The third kappa shape index (κ3) is 4.68. The van der Waals surface area contributed by atoms with E-state index in [1.54, 1.807) is 18.6 Å². The Hall–Kier alpha value is -2.63. The minimum absolute atomic E-state index is 0.205. The molecule has 2 N–H and O–H groups in total. The highest BCUT2D eigenvalue weighted by Gasteiger charge is 2.22. The fourth-order valence-electron chi connectivity index (χ4n) is 3.02. The minimum Gasteiger partial charge on any atom is -0.444 e. The predicted molar refractivity (Wildman–Crippen MR) is 97.6 cm³/mol. The van der Waals surface area contributed by atoms with Crippen LogP contribution in [0.3, 0.4) is 0 Å². The second-order valence-electron chi connectivity index (χ2n) is 7.22. The fraction of sp³-hybridized carbons (Fsp3) is 0.421. The summed E-state index contributed by atoms with van der Waals surface area (Å²) < 4.78 is 5.31. The third-order valence-corrected chi connectivity index (χ3v) is 3.99. The van der Waals surface area contributed by atoms with Crippen LogP contribution in [0.15, 0.2) is 36.8 Å². The average Bonchev–Trinajstić information content (AvgIpc) is 2.54. The summed E-state index contributed by atoms with van der Waals surface area (Å²) in [5.41, 5.74) is 2.73. The van der Waals surface area contributed by atoms with Crippen LogP contribution < -0.4 is 10.6 Å². The molecule has 1 unspecified atom stereocenters. The van der Waals surface area contributed by atoms with Gasteiger partial charge in [0, 0.05) is 18.1 Å². The van der Waals surface area contributed by atoms with Crippen LogP contribution in [0.1, 0.15) is 50.8 Å². The van der Waals surface area contributed by atoms with E-state index in [4.69, 9.17) is 4.74 Å². The van der Waals surface area contributed by atoms with E-state index in [1.807, 2.05) is 32.9 Å². The lowest BCUT2D eigenvalue weighted by atomic mass is 9.87. The van der Waals surface area contributed by atoms with Gasteiger partial charge < -0.3 is 10.1 Å². The molecule has 1 aromatic carbocycles. The average molecular weight is 340 g/mol. The SMILES string of the molecule is CC(C)(C)OC(=O)Nc1ccc2c(c1)CCCC2Nc1cnccn1. The molecular weight excluding hydrogens is 316 g/mol. The second-order valence-corrected chi connectivity index (χ2v) is 7.22. The van der Waals surface area contributed by atoms with Crippen molar-refractivity contribution in [2.24, 2.45) is 0 Å². The molecule has 132 valence electrons. The molecule has 0 saturated heterocycles. The number of carbonyl (C=O) groups is 1. The molecule has 1 atom stereocenters. The van der Waals surface area contributed by atoms with Gasteiger partial charge in [0.15, 0.2) is 0 Å². The van der Waals surface area contributed by atoms with Crippen LogP contribution in [-0.4, -0.2) is 21.7 Å². The summed E-state index contributed by atoms with van der Waals surface area (Å²) >= 11 is 0. The number of ether oxygens (including phenoxy) is 1. The van der Waals surface area contributed by atoms with Gasteiger partial charge in [-0.2, -0.15) is 0 Å². The van der Waals surface area contributed by atoms with Crippen molar-refractivity contribution in [3.63, 3.8) is 0 Å². The maximum atomic E-state index is 11.9. The summed E-state index contributed by atoms with van der Waals surface area (Å²) in [6.07, 6.45) is 7.76. The lowest BCUT2D eigenvalue weighted by Gasteiger charge is -2.27. The van der Waals surface area contributed by atoms with E-state index in [2.05, 4.69) is 26.7 Å². The monoisotopic (exact) mass is 340 g/mol. The molecule has 6 heteroatoms. The van der Waals surface area contributed by atoms with Crippen molar-refractivity contribution >= 4 is 17.6 Å². The van der Waals surface area contributed by atoms with Crippen molar-refractivity contribution in [2.45, 2.75) is 51.7 Å². The van der Waals surface area contributed by atoms with Crippen LogP contribution in [0.4, 0.5) is 16.3 Å². The zero-order valence-electron chi connectivity index (χ0n) is 14.9. The zero-order valence-corrected chi connectivity index (χ0v) is 14.9. The summed E-state index contributed by atoms with van der Waals surface area (Å²) in [7, 11) is 0. The van der Waals surface area contributed by atoms with Gasteiger partial charge in [0.2, 0.25) is 0 Å². The van der Waals surface area contributed by atoms with Gasteiger partial charge in [-0.1, -0.05) is 6.07 Å². The first-order valence-corrected chi connectivity index (χ1v) is 8.56. The van der Waals surface area contributed by atoms with Crippen molar-refractivity contribution < 1.29 is 9.53 Å². The summed E-state index contributed by atoms with van der Waals surface area (Å²) in [5, 5.41) is 6.25. The first-order valence-electron chi connectivity index (χ1n) is 8.56. The number of benzene rings is 1. The lowest BCUT2D eigenvalue weighted by Crippen LogP contribution is -2.27. The van der Waals surface area contributed by atoms with Crippen LogP contribution in [0.5, 0.6) is 0 Å². The Morgan fingerprint density at radius 2 is 2.12 bits per heavy atom. The second kappa shape index (κ2) is 7.09. The molecule has 1 aliphatic carbocycles. The van der Waals surface area contributed by atoms with Crippen LogP contribution in [0.25, 0.3) is 0 Å². The summed E-state index contributed by atoms with van der Waals surface area (Å²) in [6, 6.07) is 6.22. The molecule has 1 heterocycles. The number of nitrogens with zero attached hydrogens (tertiary/aromatic N) is 2. The molecule has 3 rings (SSSR count). The van der Waals surface area contributed by atoms with Crippen molar-refractivity contribution in [1.82, 2.24) is 9.97 Å². The fourth-order valence-corrected chi connectivity index (χ4v) is 3.02. The van der Waals surface area contributed by atoms with Crippen molar-refractivity contribution in [3.8, 4) is 0 Å². The Morgan fingerprint density at radius 3 is 2.84 bits per heavy atom.